The lowest BCUT2D eigenvalue weighted by atomic mass is 10.0. The molecule has 0 spiro atoms. The number of carbonyl (C=O) groups excluding carboxylic acids is 2. The number of aromatic amines is 1. The lowest BCUT2D eigenvalue weighted by molar-refractivity contribution is -0.672. The van der Waals surface area contributed by atoms with Gasteiger partial charge in [0.1, 0.15) is 11.4 Å². The molecule has 1 amide bonds. The summed E-state index contributed by atoms with van der Waals surface area (Å²) in [4.78, 5) is 45.6. The molecule has 0 saturated heterocycles. The molecule has 0 radical (unpaired) electrons. The van der Waals surface area contributed by atoms with Crippen molar-refractivity contribution in [1.82, 2.24) is 5.27 Å². The highest BCUT2D eigenvalue weighted by Crippen LogP contribution is 2.31. The van der Waals surface area contributed by atoms with Crippen LogP contribution in [0.2, 0.25) is 0 Å². The summed E-state index contributed by atoms with van der Waals surface area (Å²) in [6.07, 6.45) is 1.76. The fourth-order valence-corrected chi connectivity index (χ4v) is 5.42. The maximum atomic E-state index is 13.6. The molecule has 0 fully saturated rings. The number of hydrogen-bond acceptors (Lipinski definition) is 7. The third kappa shape index (κ3) is 5.08. The number of aromatic nitrogens is 2. The van der Waals surface area contributed by atoms with E-state index in [-0.39, 0.29) is 23.1 Å². The number of anilines is 1. The Hall–Kier alpha value is -5.22. The normalized spacial score (nSPS) is 14.1. The largest absolute Gasteiger partial charge is 0.497 e. The van der Waals surface area contributed by atoms with Crippen LogP contribution >= 0.6 is 11.8 Å². The van der Waals surface area contributed by atoms with E-state index in [0.29, 0.717) is 22.3 Å². The summed E-state index contributed by atoms with van der Waals surface area (Å²) in [5.74, 6) is -0.333. The molecule has 202 valence electrons. The van der Waals surface area contributed by atoms with Crippen LogP contribution in [-0.2, 0) is 4.79 Å². The molecule has 0 unspecified atom stereocenters. The van der Waals surface area contributed by atoms with Gasteiger partial charge in [0.15, 0.2) is 5.17 Å². The summed E-state index contributed by atoms with van der Waals surface area (Å²) in [5.41, 5.74) is 1.26. The van der Waals surface area contributed by atoms with Gasteiger partial charge >= 0.3 is 11.3 Å². The Kier molecular flexibility index (Phi) is 7.05. The predicted octanol–water partition coefficient (Wildman–Crippen LogP) is 4.77. The van der Waals surface area contributed by atoms with Gasteiger partial charge in [0, 0.05) is 12.1 Å². The zero-order valence-corrected chi connectivity index (χ0v) is 22.6. The number of Topliss-reactive ketones (excluding diaryl/α,β-unsaturated/α-hetero) is 1. The van der Waals surface area contributed by atoms with Crippen LogP contribution in [0.25, 0.3) is 22.5 Å². The maximum absolute atomic E-state index is 13.6. The number of para-hydroxylation sites is 1. The lowest BCUT2D eigenvalue weighted by Gasteiger charge is -2.17. The Balaban J connectivity index is 1.32. The molecule has 41 heavy (non-hydrogen) atoms. The van der Waals surface area contributed by atoms with E-state index in [2.05, 4.69) is 10.3 Å². The molecule has 0 bridgehead atoms. The van der Waals surface area contributed by atoms with E-state index in [1.54, 1.807) is 49.6 Å². The Morgan fingerprint density at radius 1 is 0.976 bits per heavy atom. The van der Waals surface area contributed by atoms with Gasteiger partial charge < -0.3 is 4.74 Å². The zero-order chi connectivity index (χ0) is 28.3. The number of ketones is 1. The average Bonchev–Trinajstić information content (AvgIpc) is 3.55. The van der Waals surface area contributed by atoms with E-state index in [9.17, 15) is 14.4 Å². The van der Waals surface area contributed by atoms with Crippen molar-refractivity contribution >= 4 is 51.2 Å². The number of ether oxygens (including phenoxy) is 1. The van der Waals surface area contributed by atoms with E-state index in [1.165, 1.54) is 9.58 Å². The second-order valence-corrected chi connectivity index (χ2v) is 9.99. The number of nitrogens with one attached hydrogen (secondary N) is 1. The molecule has 0 aliphatic carbocycles. The van der Waals surface area contributed by atoms with Crippen molar-refractivity contribution in [2.24, 2.45) is 4.99 Å². The monoisotopic (exact) mass is 563 g/mol. The van der Waals surface area contributed by atoms with Crippen LogP contribution in [0.1, 0.15) is 16.1 Å². The Labute approximate surface area is 238 Å². The molecular weight excluding hydrogens is 540 g/mol. The molecule has 10 heteroatoms. The van der Waals surface area contributed by atoms with Gasteiger partial charge in [-0.25, -0.2) is 9.79 Å². The molecule has 1 N–H and O–H groups in total. The van der Waals surface area contributed by atoms with E-state index in [0.717, 1.165) is 28.1 Å². The number of amides is 1. The van der Waals surface area contributed by atoms with Crippen LogP contribution in [-0.4, -0.2) is 35.0 Å². The van der Waals surface area contributed by atoms with E-state index in [1.807, 2.05) is 60.7 Å². The van der Waals surface area contributed by atoms with Gasteiger partial charge in [-0.2, -0.15) is 0 Å². The Morgan fingerprint density at radius 2 is 1.71 bits per heavy atom. The summed E-state index contributed by atoms with van der Waals surface area (Å²) in [6, 6.07) is 29.7. The van der Waals surface area contributed by atoms with E-state index in [4.69, 9.17) is 9.26 Å². The molecule has 2 heterocycles. The van der Waals surface area contributed by atoms with Crippen LogP contribution in [0.5, 0.6) is 5.75 Å². The number of carbonyl (C=O) groups is 2. The standard InChI is InChI=1S/C31H22N4O5S/c1-39-24-16-14-23(15-17-24)35-28(30(38)40-33-35)27(36)19-41-31-32-26(29(37)34(31)22-11-3-2-4-12-22)18-21-10-7-9-20-8-5-6-13-25(20)21/h2-18H,19H2,1H3/p+1/b26-18+. The van der Waals surface area contributed by atoms with E-state index >= 15 is 0 Å². The van der Waals surface area contributed by atoms with Crippen LogP contribution < -0.4 is 19.9 Å². The number of H-pyrrole nitrogens is 1. The summed E-state index contributed by atoms with van der Waals surface area (Å²) >= 11 is 1.07. The van der Waals surface area contributed by atoms with Crippen LogP contribution in [0.3, 0.4) is 0 Å². The summed E-state index contributed by atoms with van der Waals surface area (Å²) in [5, 5.41) is 4.86. The fourth-order valence-electron chi connectivity index (χ4n) is 4.54. The van der Waals surface area contributed by atoms with Crippen molar-refractivity contribution in [2.75, 3.05) is 17.8 Å². The first-order valence-electron chi connectivity index (χ1n) is 12.6. The molecule has 0 atom stereocenters. The van der Waals surface area contributed by atoms with Gasteiger partial charge in [-0.1, -0.05) is 72.4 Å². The number of benzene rings is 4. The number of aliphatic imine (C=N–C) groups is 1. The molecule has 1 aromatic heterocycles. The van der Waals surface area contributed by atoms with Crippen LogP contribution in [0.4, 0.5) is 5.69 Å². The highest BCUT2D eigenvalue weighted by atomic mass is 32.2. The SMILES string of the molecule is COc1ccc(-[n+]2[nH]oc(=O)c2C(=O)CSC2=N/C(=C/c3cccc4ccccc34)C(=O)N2c2ccccc2)cc1. The highest BCUT2D eigenvalue weighted by molar-refractivity contribution is 8.14. The van der Waals surface area contributed by atoms with Gasteiger partial charge in [0.05, 0.1) is 18.6 Å². The summed E-state index contributed by atoms with van der Waals surface area (Å²) in [6.45, 7) is 0. The number of fused-ring (bicyclic) bond motifs is 1. The minimum absolute atomic E-state index is 0.157. The second kappa shape index (κ2) is 11.1. The average molecular weight is 564 g/mol. The number of methoxy groups -OCH3 is 1. The Morgan fingerprint density at radius 3 is 2.49 bits per heavy atom. The van der Waals surface area contributed by atoms with Crippen LogP contribution in [0.15, 0.2) is 117 Å². The molecule has 1 aliphatic heterocycles. The minimum Gasteiger partial charge on any atom is -0.497 e. The zero-order valence-electron chi connectivity index (χ0n) is 21.8. The summed E-state index contributed by atoms with van der Waals surface area (Å²) < 4.78 is 11.4. The van der Waals surface area contributed by atoms with Crippen LogP contribution in [0, 0.1) is 0 Å². The first-order chi connectivity index (χ1) is 20.0. The fraction of sp³-hybridized carbons (Fsp3) is 0.0645. The topological polar surface area (TPSA) is 109 Å². The van der Waals surface area contributed by atoms with E-state index < -0.39 is 11.4 Å². The van der Waals surface area contributed by atoms with Crippen molar-refractivity contribution in [2.45, 2.75) is 0 Å². The lowest BCUT2D eigenvalue weighted by Crippen LogP contribution is -2.41. The van der Waals surface area contributed by atoms with Crippen molar-refractivity contribution in [3.63, 3.8) is 0 Å². The number of hydrogen-bond donors (Lipinski definition) is 1. The molecular formula is C31H23N4O5S+. The number of thioether (sulfide) groups is 1. The third-order valence-corrected chi connectivity index (χ3v) is 7.47. The molecule has 5 aromatic rings. The summed E-state index contributed by atoms with van der Waals surface area (Å²) in [7, 11) is 1.55. The number of rotatable bonds is 7. The first kappa shape index (κ1) is 26.0. The van der Waals surface area contributed by atoms with Crippen molar-refractivity contribution in [1.29, 1.82) is 0 Å². The molecule has 4 aromatic carbocycles. The number of nitrogens with zero attached hydrogens (tertiary/aromatic N) is 3. The molecule has 9 nitrogen and oxygen atoms in total. The Bertz CT molecular complexity index is 1890. The third-order valence-electron chi connectivity index (χ3n) is 6.53. The number of amidine groups is 1. The van der Waals surface area contributed by atoms with Gasteiger partial charge in [0.25, 0.3) is 5.91 Å². The molecule has 0 saturated carbocycles. The van der Waals surface area contributed by atoms with Crippen molar-refractivity contribution in [3.8, 4) is 11.4 Å². The molecule has 6 rings (SSSR count). The minimum atomic E-state index is -0.799. The highest BCUT2D eigenvalue weighted by Gasteiger charge is 2.35. The van der Waals surface area contributed by atoms with Crippen molar-refractivity contribution in [3.05, 3.63) is 124 Å². The maximum Gasteiger partial charge on any atom is 0.438 e. The van der Waals surface area contributed by atoms with Gasteiger partial charge in [-0.3, -0.25) is 19.0 Å². The smallest absolute Gasteiger partial charge is 0.438 e. The molecule has 1 aliphatic rings. The second-order valence-electron chi connectivity index (χ2n) is 9.04. The quantitative estimate of drug-likeness (QED) is 0.174. The van der Waals surface area contributed by atoms with Gasteiger partial charge in [-0.05, 0) is 56.6 Å². The van der Waals surface area contributed by atoms with Gasteiger partial charge in [0.2, 0.25) is 11.5 Å². The van der Waals surface area contributed by atoms with Crippen molar-refractivity contribution < 1.29 is 23.5 Å². The predicted molar refractivity (Wildman–Crippen MR) is 157 cm³/mol. The first-order valence-corrected chi connectivity index (χ1v) is 13.6. The van der Waals surface area contributed by atoms with Gasteiger partial charge in [-0.15, -0.1) is 0 Å².